The minimum atomic E-state index is -3.74. The first-order valence-electron chi connectivity index (χ1n) is 6.75. The Bertz CT molecular complexity index is 789. The molecule has 1 heterocycles. The van der Waals surface area contributed by atoms with Crippen LogP contribution in [0.25, 0.3) is 0 Å². The maximum absolute atomic E-state index is 12.0. The standard InChI is InChI=1S/C13H16N4O4S2/c1-9(18)15-12-16-17-13(22-12)23(20,21)14-7-3-5-10-4-2-6-11(19)8-10/h2,4,6,8,14,19H,3,5,7H2,1H3,(H,15,16,18). The van der Waals surface area contributed by atoms with E-state index >= 15 is 0 Å². The second-order valence-electron chi connectivity index (χ2n) is 4.73. The Morgan fingerprint density at radius 2 is 2.13 bits per heavy atom. The Balaban J connectivity index is 1.86. The van der Waals surface area contributed by atoms with Gasteiger partial charge in [-0.25, -0.2) is 13.1 Å². The summed E-state index contributed by atoms with van der Waals surface area (Å²) in [7, 11) is -3.74. The van der Waals surface area contributed by atoms with E-state index in [2.05, 4.69) is 20.2 Å². The fourth-order valence-corrected chi connectivity index (χ4v) is 3.85. The SMILES string of the molecule is CC(=O)Nc1nnc(S(=O)(=O)NCCCc2cccc(O)c2)s1. The van der Waals surface area contributed by atoms with E-state index in [1.807, 2.05) is 6.07 Å². The molecular weight excluding hydrogens is 340 g/mol. The number of sulfonamides is 1. The van der Waals surface area contributed by atoms with Crippen molar-refractivity contribution >= 4 is 32.4 Å². The zero-order valence-corrected chi connectivity index (χ0v) is 13.9. The van der Waals surface area contributed by atoms with Crippen molar-refractivity contribution in [3.8, 4) is 5.75 Å². The van der Waals surface area contributed by atoms with Gasteiger partial charge in [0.15, 0.2) is 0 Å². The smallest absolute Gasteiger partial charge is 0.269 e. The van der Waals surface area contributed by atoms with Crippen molar-refractivity contribution in [1.82, 2.24) is 14.9 Å². The van der Waals surface area contributed by atoms with Crippen LogP contribution in [0.1, 0.15) is 18.9 Å². The van der Waals surface area contributed by atoms with Crippen LogP contribution in [0.4, 0.5) is 5.13 Å². The second kappa shape index (κ2) is 7.49. The number of hydrogen-bond acceptors (Lipinski definition) is 7. The number of benzene rings is 1. The largest absolute Gasteiger partial charge is 0.508 e. The predicted octanol–water partition coefficient (Wildman–Crippen LogP) is 1.11. The van der Waals surface area contributed by atoms with E-state index in [-0.39, 0.29) is 27.7 Å². The number of aromatic nitrogens is 2. The highest BCUT2D eigenvalue weighted by Crippen LogP contribution is 2.19. The zero-order valence-electron chi connectivity index (χ0n) is 12.3. The minimum absolute atomic E-state index is 0.137. The molecule has 0 spiro atoms. The van der Waals surface area contributed by atoms with E-state index in [0.717, 1.165) is 16.9 Å². The summed E-state index contributed by atoms with van der Waals surface area (Å²) in [5.41, 5.74) is 0.924. The number of carbonyl (C=O) groups is 1. The third kappa shape index (κ3) is 5.27. The second-order valence-corrected chi connectivity index (χ2v) is 7.64. The summed E-state index contributed by atoms with van der Waals surface area (Å²) in [6.45, 7) is 1.53. The summed E-state index contributed by atoms with van der Waals surface area (Å²) < 4.78 is 26.3. The van der Waals surface area contributed by atoms with Crippen LogP contribution in [0.3, 0.4) is 0 Å². The van der Waals surface area contributed by atoms with Gasteiger partial charge in [0.1, 0.15) is 5.75 Å². The maximum atomic E-state index is 12.0. The third-order valence-electron chi connectivity index (χ3n) is 2.76. The van der Waals surface area contributed by atoms with Crippen molar-refractivity contribution in [2.45, 2.75) is 24.1 Å². The van der Waals surface area contributed by atoms with Gasteiger partial charge in [-0.1, -0.05) is 23.5 Å². The van der Waals surface area contributed by atoms with Crippen molar-refractivity contribution in [3.63, 3.8) is 0 Å². The lowest BCUT2D eigenvalue weighted by Crippen LogP contribution is -2.25. The molecule has 23 heavy (non-hydrogen) atoms. The molecule has 0 unspecified atom stereocenters. The molecule has 3 N–H and O–H groups in total. The van der Waals surface area contributed by atoms with Gasteiger partial charge in [-0.05, 0) is 30.5 Å². The number of nitrogens with zero attached hydrogens (tertiary/aromatic N) is 2. The summed E-state index contributed by atoms with van der Waals surface area (Å²) >= 11 is 0.787. The summed E-state index contributed by atoms with van der Waals surface area (Å²) in [5, 5.41) is 19.0. The molecule has 0 saturated heterocycles. The number of carbonyl (C=O) groups excluding carboxylic acids is 1. The Kier molecular flexibility index (Phi) is 5.64. The number of phenolic OH excluding ortho intramolecular Hbond substituents is 1. The fraction of sp³-hybridized carbons (Fsp3) is 0.308. The first kappa shape index (κ1) is 17.3. The molecule has 0 fully saturated rings. The van der Waals surface area contributed by atoms with Gasteiger partial charge in [-0.3, -0.25) is 4.79 Å². The molecule has 2 rings (SSSR count). The van der Waals surface area contributed by atoms with E-state index < -0.39 is 10.0 Å². The number of amides is 1. The van der Waals surface area contributed by atoms with Crippen molar-refractivity contribution in [1.29, 1.82) is 0 Å². The molecular formula is C13H16N4O4S2. The molecule has 2 aromatic rings. The highest BCUT2D eigenvalue weighted by molar-refractivity contribution is 7.91. The normalized spacial score (nSPS) is 11.3. The molecule has 0 aliphatic rings. The fourth-order valence-electron chi connectivity index (χ4n) is 1.79. The Hall–Kier alpha value is -2.04. The van der Waals surface area contributed by atoms with Crippen LogP contribution < -0.4 is 10.0 Å². The van der Waals surface area contributed by atoms with Gasteiger partial charge in [-0.15, -0.1) is 10.2 Å². The van der Waals surface area contributed by atoms with Crippen molar-refractivity contribution in [2.75, 3.05) is 11.9 Å². The molecule has 0 saturated carbocycles. The highest BCUT2D eigenvalue weighted by atomic mass is 32.2. The number of phenols is 1. The van der Waals surface area contributed by atoms with Gasteiger partial charge in [0.25, 0.3) is 10.0 Å². The summed E-state index contributed by atoms with van der Waals surface area (Å²) in [4.78, 5) is 10.9. The van der Waals surface area contributed by atoms with E-state index in [9.17, 15) is 18.3 Å². The van der Waals surface area contributed by atoms with Gasteiger partial charge < -0.3 is 10.4 Å². The van der Waals surface area contributed by atoms with E-state index in [1.165, 1.54) is 6.92 Å². The lowest BCUT2D eigenvalue weighted by Gasteiger charge is -2.04. The van der Waals surface area contributed by atoms with Crippen LogP contribution in [-0.2, 0) is 21.2 Å². The Labute approximate surface area is 137 Å². The molecule has 8 nitrogen and oxygen atoms in total. The minimum Gasteiger partial charge on any atom is -0.508 e. The Morgan fingerprint density at radius 1 is 1.35 bits per heavy atom. The molecule has 124 valence electrons. The van der Waals surface area contributed by atoms with Crippen LogP contribution in [0, 0.1) is 0 Å². The topological polar surface area (TPSA) is 121 Å². The third-order valence-corrected chi connectivity index (χ3v) is 5.43. The molecule has 0 bridgehead atoms. The first-order chi connectivity index (χ1) is 10.9. The first-order valence-corrected chi connectivity index (χ1v) is 9.05. The van der Waals surface area contributed by atoms with Crippen molar-refractivity contribution in [2.24, 2.45) is 0 Å². The van der Waals surface area contributed by atoms with Gasteiger partial charge in [0.05, 0.1) is 0 Å². The van der Waals surface area contributed by atoms with E-state index in [0.29, 0.717) is 12.8 Å². The van der Waals surface area contributed by atoms with Crippen LogP contribution >= 0.6 is 11.3 Å². The van der Waals surface area contributed by atoms with Crippen molar-refractivity contribution in [3.05, 3.63) is 29.8 Å². The summed E-state index contributed by atoms with van der Waals surface area (Å²) in [5.74, 6) is -0.161. The van der Waals surface area contributed by atoms with Gasteiger partial charge in [0.2, 0.25) is 15.4 Å². The Morgan fingerprint density at radius 3 is 2.83 bits per heavy atom. The number of aromatic hydroxyl groups is 1. The predicted molar refractivity (Wildman–Crippen MR) is 85.8 cm³/mol. The van der Waals surface area contributed by atoms with E-state index in [1.54, 1.807) is 18.2 Å². The molecule has 0 atom stereocenters. The van der Waals surface area contributed by atoms with Gasteiger partial charge >= 0.3 is 0 Å². The average molecular weight is 356 g/mol. The zero-order chi connectivity index (χ0) is 16.9. The molecule has 1 amide bonds. The van der Waals surface area contributed by atoms with Gasteiger partial charge in [0, 0.05) is 13.5 Å². The lowest BCUT2D eigenvalue weighted by atomic mass is 10.1. The number of anilines is 1. The number of rotatable bonds is 7. The van der Waals surface area contributed by atoms with Crippen LogP contribution in [0.2, 0.25) is 0 Å². The van der Waals surface area contributed by atoms with Crippen molar-refractivity contribution < 1.29 is 18.3 Å². The molecule has 0 aliphatic heterocycles. The molecule has 0 aliphatic carbocycles. The molecule has 0 radical (unpaired) electrons. The summed E-state index contributed by atoms with van der Waals surface area (Å²) in [6.07, 6.45) is 1.20. The number of hydrogen-bond donors (Lipinski definition) is 3. The molecule has 1 aromatic carbocycles. The lowest BCUT2D eigenvalue weighted by molar-refractivity contribution is -0.114. The molecule has 1 aromatic heterocycles. The highest BCUT2D eigenvalue weighted by Gasteiger charge is 2.19. The van der Waals surface area contributed by atoms with Gasteiger partial charge in [-0.2, -0.15) is 0 Å². The van der Waals surface area contributed by atoms with Crippen LogP contribution in [0.5, 0.6) is 5.75 Å². The van der Waals surface area contributed by atoms with Crippen LogP contribution in [0.15, 0.2) is 28.6 Å². The summed E-state index contributed by atoms with van der Waals surface area (Å²) in [6, 6.07) is 6.81. The number of aryl methyl sites for hydroxylation is 1. The monoisotopic (exact) mass is 356 g/mol. The number of nitrogens with one attached hydrogen (secondary N) is 2. The van der Waals surface area contributed by atoms with E-state index in [4.69, 9.17) is 0 Å². The van der Waals surface area contributed by atoms with Crippen LogP contribution in [-0.4, -0.2) is 36.2 Å². The molecule has 10 heteroatoms. The average Bonchev–Trinajstić information content (AvgIpc) is 2.92. The maximum Gasteiger partial charge on any atom is 0.269 e. The quantitative estimate of drug-likeness (QED) is 0.505.